The van der Waals surface area contributed by atoms with Gasteiger partial charge in [0.25, 0.3) is 11.6 Å². The average molecular weight is 376 g/mol. The average Bonchev–Trinajstić information content (AvgIpc) is 2.94. The van der Waals surface area contributed by atoms with Crippen molar-refractivity contribution in [3.05, 3.63) is 49.9 Å². The van der Waals surface area contributed by atoms with Gasteiger partial charge in [0.15, 0.2) is 0 Å². The van der Waals surface area contributed by atoms with Crippen molar-refractivity contribution in [3.63, 3.8) is 0 Å². The number of rotatable bonds is 4. The smallest absolute Gasteiger partial charge is 0.324 e. The Morgan fingerprint density at radius 1 is 1.35 bits per heavy atom. The molecule has 0 spiro atoms. The van der Waals surface area contributed by atoms with Crippen molar-refractivity contribution in [1.29, 1.82) is 0 Å². The summed E-state index contributed by atoms with van der Waals surface area (Å²) in [6, 6.07) is 3.56. The number of urea groups is 1. The molecule has 1 aliphatic rings. The number of fused-ring (bicyclic) bond motifs is 1. The minimum atomic E-state index is -0.619. The quantitative estimate of drug-likeness (QED) is 0.557. The fraction of sp³-hybridized carbons (Fsp3) is 0.250. The van der Waals surface area contributed by atoms with Crippen LogP contribution in [0.3, 0.4) is 0 Å². The predicted octanol–water partition coefficient (Wildman–Crippen LogP) is 2.78. The molecule has 3 rings (SSSR count). The summed E-state index contributed by atoms with van der Waals surface area (Å²) in [7, 11) is 0. The molecule has 0 aliphatic carbocycles. The van der Waals surface area contributed by atoms with E-state index in [-0.39, 0.29) is 5.69 Å². The molecule has 3 amide bonds. The van der Waals surface area contributed by atoms with E-state index in [0.717, 1.165) is 10.4 Å². The van der Waals surface area contributed by atoms with Crippen LogP contribution in [0.4, 0.5) is 21.2 Å². The number of aryl methyl sites for hydroxylation is 1. The van der Waals surface area contributed by atoms with Gasteiger partial charge >= 0.3 is 6.03 Å². The zero-order valence-electron chi connectivity index (χ0n) is 13.8. The van der Waals surface area contributed by atoms with Gasteiger partial charge in [-0.25, -0.2) is 4.79 Å². The van der Waals surface area contributed by atoms with Crippen LogP contribution in [0.2, 0.25) is 0 Å². The van der Waals surface area contributed by atoms with Crippen molar-refractivity contribution in [3.8, 4) is 0 Å². The molecule has 0 fully saturated rings. The summed E-state index contributed by atoms with van der Waals surface area (Å²) in [4.78, 5) is 35.3. The molecule has 26 heavy (non-hydrogen) atoms. The molecule has 4 N–H and O–H groups in total. The van der Waals surface area contributed by atoms with E-state index in [0.29, 0.717) is 41.4 Å². The maximum absolute atomic E-state index is 12.3. The maximum atomic E-state index is 12.3. The lowest BCUT2D eigenvalue weighted by atomic mass is 10.1. The minimum Gasteiger partial charge on any atom is -0.376 e. The molecule has 0 atom stereocenters. The van der Waals surface area contributed by atoms with E-state index < -0.39 is 16.9 Å². The van der Waals surface area contributed by atoms with Gasteiger partial charge in [0, 0.05) is 17.0 Å². The molecule has 2 heterocycles. The number of non-ortho nitro benzene ring substituents is 1. The topological polar surface area (TPSA) is 137 Å². The molecule has 0 unspecified atom stereocenters. The highest BCUT2D eigenvalue weighted by Gasteiger charge is 2.25. The fourth-order valence-electron chi connectivity index (χ4n) is 2.70. The Morgan fingerprint density at radius 2 is 2.12 bits per heavy atom. The molecule has 0 radical (unpaired) electrons. The number of thiophene rings is 1. The second-order valence-electron chi connectivity index (χ2n) is 5.71. The Kier molecular flexibility index (Phi) is 4.87. The lowest BCUT2D eigenvalue weighted by molar-refractivity contribution is -0.384. The van der Waals surface area contributed by atoms with Crippen LogP contribution in [0.1, 0.15) is 26.4 Å². The Morgan fingerprint density at radius 3 is 2.81 bits per heavy atom. The number of nitrogens with one attached hydrogen (secondary N) is 2. The van der Waals surface area contributed by atoms with Crippen LogP contribution < -0.4 is 16.4 Å². The highest BCUT2D eigenvalue weighted by Crippen LogP contribution is 2.36. The van der Waals surface area contributed by atoms with Gasteiger partial charge in [-0.3, -0.25) is 20.2 Å². The van der Waals surface area contributed by atoms with Crippen molar-refractivity contribution in [2.45, 2.75) is 20.0 Å². The van der Waals surface area contributed by atoms with Crippen molar-refractivity contribution in [2.24, 2.45) is 5.73 Å². The van der Waals surface area contributed by atoms with Gasteiger partial charge in [-0.05, 0) is 24.5 Å². The molecule has 0 bridgehead atoms. The molecule has 0 saturated heterocycles. The van der Waals surface area contributed by atoms with Gasteiger partial charge in [0.1, 0.15) is 5.00 Å². The number of hydrogen-bond acceptors (Lipinski definition) is 6. The van der Waals surface area contributed by atoms with Gasteiger partial charge < -0.3 is 15.8 Å². The third-order valence-electron chi connectivity index (χ3n) is 3.97. The minimum absolute atomic E-state index is 0.132. The third kappa shape index (κ3) is 3.51. The Bertz CT molecular complexity index is 908. The van der Waals surface area contributed by atoms with Crippen LogP contribution in [0, 0.1) is 17.0 Å². The highest BCUT2D eigenvalue weighted by molar-refractivity contribution is 7.17. The molecule has 2 aromatic rings. The molecule has 9 nitrogen and oxygen atoms in total. The van der Waals surface area contributed by atoms with E-state index in [2.05, 4.69) is 10.6 Å². The second kappa shape index (κ2) is 7.10. The number of anilines is 2. The van der Waals surface area contributed by atoms with Crippen LogP contribution >= 0.6 is 11.3 Å². The first-order chi connectivity index (χ1) is 12.4. The van der Waals surface area contributed by atoms with E-state index in [1.54, 1.807) is 13.0 Å². The molecule has 0 saturated carbocycles. The van der Waals surface area contributed by atoms with E-state index in [9.17, 15) is 19.7 Å². The standard InChI is InChI=1S/C16H16N4O5S/c1-8-2-3-9(20(23)24)6-11(8)18-16(22)19-15-13(14(17)21)10-4-5-25-7-12(10)26-15/h2-3,6H,4-5,7H2,1H3,(H2,17,21)(H2,18,19,22). The number of benzene rings is 1. The van der Waals surface area contributed by atoms with Crippen molar-refractivity contribution < 1.29 is 19.2 Å². The highest BCUT2D eigenvalue weighted by atomic mass is 32.1. The SMILES string of the molecule is Cc1ccc([N+](=O)[O-])cc1NC(=O)Nc1sc2c(c1C(N)=O)CCOC2. The van der Waals surface area contributed by atoms with E-state index in [4.69, 9.17) is 10.5 Å². The van der Waals surface area contributed by atoms with Gasteiger partial charge in [-0.1, -0.05) is 6.07 Å². The lowest BCUT2D eigenvalue weighted by Crippen LogP contribution is -2.22. The normalized spacial score (nSPS) is 13.0. The van der Waals surface area contributed by atoms with Gasteiger partial charge in [-0.2, -0.15) is 0 Å². The molecular weight excluding hydrogens is 360 g/mol. The van der Waals surface area contributed by atoms with Crippen LogP contribution in [-0.2, 0) is 17.8 Å². The maximum Gasteiger partial charge on any atom is 0.324 e. The Balaban J connectivity index is 1.83. The largest absolute Gasteiger partial charge is 0.376 e. The zero-order valence-corrected chi connectivity index (χ0v) is 14.6. The van der Waals surface area contributed by atoms with Crippen molar-refractivity contribution >= 4 is 39.7 Å². The fourth-order valence-corrected chi connectivity index (χ4v) is 3.88. The summed E-state index contributed by atoms with van der Waals surface area (Å²) in [6.07, 6.45) is 0.553. The number of amides is 3. The third-order valence-corrected chi connectivity index (χ3v) is 5.09. The van der Waals surface area contributed by atoms with Crippen molar-refractivity contribution in [2.75, 3.05) is 17.2 Å². The summed E-state index contributed by atoms with van der Waals surface area (Å²) in [6.45, 7) is 2.57. The lowest BCUT2D eigenvalue weighted by Gasteiger charge is -2.12. The first-order valence-electron chi connectivity index (χ1n) is 7.72. The van der Waals surface area contributed by atoms with E-state index in [1.165, 1.54) is 23.5 Å². The summed E-state index contributed by atoms with van der Waals surface area (Å²) >= 11 is 1.24. The first kappa shape index (κ1) is 17.8. The summed E-state index contributed by atoms with van der Waals surface area (Å²) in [5.41, 5.74) is 7.40. The molecule has 1 aliphatic heterocycles. The number of carbonyl (C=O) groups is 2. The Hall–Kier alpha value is -2.98. The number of nitrogens with zero attached hydrogens (tertiary/aromatic N) is 1. The molecule has 1 aromatic heterocycles. The number of nitro benzene ring substituents is 1. The van der Waals surface area contributed by atoms with Crippen molar-refractivity contribution in [1.82, 2.24) is 0 Å². The molecule has 1 aromatic carbocycles. The van der Waals surface area contributed by atoms with Gasteiger partial charge in [0.05, 0.1) is 29.4 Å². The number of nitro groups is 1. The molecule has 10 heteroatoms. The predicted molar refractivity (Wildman–Crippen MR) is 96.7 cm³/mol. The van der Waals surface area contributed by atoms with Gasteiger partial charge in [0.2, 0.25) is 0 Å². The molecular formula is C16H16N4O5S. The Labute approximate surface area is 152 Å². The van der Waals surface area contributed by atoms with Gasteiger partial charge in [-0.15, -0.1) is 11.3 Å². The van der Waals surface area contributed by atoms with E-state index >= 15 is 0 Å². The van der Waals surface area contributed by atoms with Crippen LogP contribution in [0.15, 0.2) is 18.2 Å². The number of hydrogen-bond donors (Lipinski definition) is 3. The summed E-state index contributed by atoms with van der Waals surface area (Å²) in [5.74, 6) is -0.619. The molecule has 136 valence electrons. The number of primary amides is 1. The summed E-state index contributed by atoms with van der Waals surface area (Å²) < 4.78 is 5.36. The zero-order chi connectivity index (χ0) is 18.8. The van der Waals surface area contributed by atoms with Crippen LogP contribution in [0.25, 0.3) is 0 Å². The number of nitrogens with two attached hydrogens (primary N) is 1. The second-order valence-corrected chi connectivity index (χ2v) is 6.82. The summed E-state index contributed by atoms with van der Waals surface area (Å²) in [5, 5.41) is 16.4. The van der Waals surface area contributed by atoms with E-state index in [1.807, 2.05) is 0 Å². The number of carbonyl (C=O) groups excluding carboxylic acids is 2. The number of ether oxygens (including phenoxy) is 1. The first-order valence-corrected chi connectivity index (χ1v) is 8.53. The van der Waals surface area contributed by atoms with Crippen LogP contribution in [-0.4, -0.2) is 23.5 Å². The monoisotopic (exact) mass is 376 g/mol. The van der Waals surface area contributed by atoms with Crippen LogP contribution in [0.5, 0.6) is 0 Å².